The third-order valence-corrected chi connectivity index (χ3v) is 4.31. The maximum Gasteiger partial charge on any atom is 0.00870 e. The van der Waals surface area contributed by atoms with Gasteiger partial charge in [0.05, 0.1) is 0 Å². The summed E-state index contributed by atoms with van der Waals surface area (Å²) in [4.78, 5) is 2.54. The Kier molecular flexibility index (Phi) is 6.37. The Morgan fingerprint density at radius 1 is 1.12 bits per heavy atom. The van der Waals surface area contributed by atoms with Crippen molar-refractivity contribution in [2.24, 2.45) is 11.7 Å². The Hall–Kier alpha value is -0.0800. The second-order valence-electron chi connectivity index (χ2n) is 5.47. The van der Waals surface area contributed by atoms with Gasteiger partial charge in [0.1, 0.15) is 0 Å². The number of nitrogens with two attached hydrogens (primary N) is 1. The summed E-state index contributed by atoms with van der Waals surface area (Å²) in [6.07, 6.45) is 9.21. The number of hydrogen-bond acceptors (Lipinski definition) is 2. The average molecular weight is 226 g/mol. The number of rotatable bonds is 5. The smallest absolute Gasteiger partial charge is 0.00870 e. The summed E-state index contributed by atoms with van der Waals surface area (Å²) in [6, 6.07) is 1.19. The number of hydrogen-bond donors (Lipinski definition) is 1. The van der Waals surface area contributed by atoms with Crippen LogP contribution in [0.1, 0.15) is 58.8 Å². The van der Waals surface area contributed by atoms with Gasteiger partial charge >= 0.3 is 0 Å². The molecule has 2 N–H and O–H groups in total. The molecule has 0 aromatic heterocycles. The average Bonchev–Trinajstić information content (AvgIpc) is 2.46. The maximum absolute atomic E-state index is 6.28. The normalized spacial score (nSPS) is 27.4. The van der Waals surface area contributed by atoms with Crippen molar-refractivity contribution in [1.29, 1.82) is 0 Å². The van der Waals surface area contributed by atoms with E-state index in [2.05, 4.69) is 25.8 Å². The molecule has 1 rings (SSSR count). The molecule has 2 heteroatoms. The van der Waals surface area contributed by atoms with Crippen molar-refractivity contribution >= 4 is 0 Å². The van der Waals surface area contributed by atoms with Crippen molar-refractivity contribution in [3.05, 3.63) is 0 Å². The molecule has 0 radical (unpaired) electrons. The lowest BCUT2D eigenvalue weighted by molar-refractivity contribution is 0.178. The van der Waals surface area contributed by atoms with E-state index in [1.54, 1.807) is 0 Å². The van der Waals surface area contributed by atoms with Crippen LogP contribution in [0.5, 0.6) is 0 Å². The van der Waals surface area contributed by atoms with Crippen molar-refractivity contribution in [2.75, 3.05) is 13.6 Å². The fourth-order valence-corrected chi connectivity index (χ4v) is 3.07. The second-order valence-corrected chi connectivity index (χ2v) is 5.47. The van der Waals surface area contributed by atoms with E-state index in [0.29, 0.717) is 6.04 Å². The van der Waals surface area contributed by atoms with Crippen LogP contribution in [0.3, 0.4) is 0 Å². The molecular weight excluding hydrogens is 196 g/mol. The fraction of sp³-hybridized carbons (Fsp3) is 1.00. The van der Waals surface area contributed by atoms with E-state index in [9.17, 15) is 0 Å². The summed E-state index contributed by atoms with van der Waals surface area (Å²) < 4.78 is 0. The first-order chi connectivity index (χ1) is 7.69. The highest BCUT2D eigenvalue weighted by molar-refractivity contribution is 4.80. The van der Waals surface area contributed by atoms with Gasteiger partial charge in [-0.1, -0.05) is 33.1 Å². The first-order valence-electron chi connectivity index (χ1n) is 7.14. The minimum Gasteiger partial charge on any atom is -0.327 e. The molecule has 2 atom stereocenters. The molecule has 0 heterocycles. The molecule has 0 aromatic carbocycles. The summed E-state index contributed by atoms with van der Waals surface area (Å²) in [6.45, 7) is 5.78. The zero-order valence-corrected chi connectivity index (χ0v) is 11.4. The molecule has 16 heavy (non-hydrogen) atoms. The van der Waals surface area contributed by atoms with Crippen LogP contribution in [-0.4, -0.2) is 30.6 Å². The highest BCUT2D eigenvalue weighted by atomic mass is 15.1. The van der Waals surface area contributed by atoms with E-state index in [1.807, 2.05) is 0 Å². The van der Waals surface area contributed by atoms with Crippen LogP contribution in [0.4, 0.5) is 0 Å². The Bertz CT molecular complexity index is 178. The Labute approximate surface area is 102 Å². The molecule has 0 spiro atoms. The van der Waals surface area contributed by atoms with E-state index in [1.165, 1.54) is 51.5 Å². The molecule has 0 bridgehead atoms. The van der Waals surface area contributed by atoms with Crippen molar-refractivity contribution in [3.63, 3.8) is 0 Å². The van der Waals surface area contributed by atoms with Gasteiger partial charge in [0, 0.05) is 18.6 Å². The molecule has 2 nitrogen and oxygen atoms in total. The topological polar surface area (TPSA) is 29.3 Å². The van der Waals surface area contributed by atoms with Gasteiger partial charge in [-0.05, 0) is 38.6 Å². The predicted molar refractivity (Wildman–Crippen MR) is 71.6 cm³/mol. The van der Waals surface area contributed by atoms with Gasteiger partial charge in [-0.25, -0.2) is 0 Å². The molecule has 1 aliphatic carbocycles. The highest BCUT2D eigenvalue weighted by Gasteiger charge is 2.23. The van der Waals surface area contributed by atoms with Gasteiger partial charge in [-0.2, -0.15) is 0 Å². The van der Waals surface area contributed by atoms with E-state index in [4.69, 9.17) is 5.73 Å². The van der Waals surface area contributed by atoms with Gasteiger partial charge in [0.2, 0.25) is 0 Å². The first kappa shape index (κ1) is 14.0. The van der Waals surface area contributed by atoms with Crippen LogP contribution in [0.25, 0.3) is 0 Å². The lowest BCUT2D eigenvalue weighted by atomic mass is 9.94. The van der Waals surface area contributed by atoms with Crippen LogP contribution in [0, 0.1) is 5.92 Å². The van der Waals surface area contributed by atoms with E-state index >= 15 is 0 Å². The molecule has 1 saturated carbocycles. The summed E-state index contributed by atoms with van der Waals surface area (Å²) in [5.74, 6) is 0.730. The predicted octanol–water partition coefficient (Wildman–Crippen LogP) is 3.01. The van der Waals surface area contributed by atoms with Gasteiger partial charge in [0.25, 0.3) is 0 Å². The second kappa shape index (κ2) is 7.29. The van der Waals surface area contributed by atoms with E-state index in [0.717, 1.165) is 12.0 Å². The summed E-state index contributed by atoms with van der Waals surface area (Å²) in [5, 5.41) is 0. The van der Waals surface area contributed by atoms with Crippen molar-refractivity contribution in [2.45, 2.75) is 70.9 Å². The van der Waals surface area contributed by atoms with E-state index < -0.39 is 0 Å². The third-order valence-electron chi connectivity index (χ3n) is 4.31. The Morgan fingerprint density at radius 3 is 2.38 bits per heavy atom. The van der Waals surface area contributed by atoms with Gasteiger partial charge in [-0.15, -0.1) is 0 Å². The highest BCUT2D eigenvalue weighted by Crippen LogP contribution is 2.23. The largest absolute Gasteiger partial charge is 0.327 e. The van der Waals surface area contributed by atoms with Gasteiger partial charge in [-0.3, -0.25) is 0 Å². The zero-order valence-electron chi connectivity index (χ0n) is 11.4. The Balaban J connectivity index is 2.43. The lowest BCUT2D eigenvalue weighted by Crippen LogP contribution is -2.41. The molecule has 0 aliphatic heterocycles. The van der Waals surface area contributed by atoms with Crippen LogP contribution in [0.15, 0.2) is 0 Å². The zero-order chi connectivity index (χ0) is 12.0. The molecule has 96 valence electrons. The van der Waals surface area contributed by atoms with Crippen molar-refractivity contribution in [1.82, 2.24) is 4.90 Å². The molecule has 0 saturated heterocycles. The first-order valence-corrected chi connectivity index (χ1v) is 7.14. The maximum atomic E-state index is 6.28. The summed E-state index contributed by atoms with van der Waals surface area (Å²) >= 11 is 0. The van der Waals surface area contributed by atoms with Gasteiger partial charge in [0.15, 0.2) is 0 Å². The molecule has 0 aromatic rings. The lowest BCUT2D eigenvalue weighted by Gasteiger charge is -2.32. The molecule has 0 amide bonds. The molecule has 1 aliphatic rings. The van der Waals surface area contributed by atoms with Crippen molar-refractivity contribution in [3.8, 4) is 0 Å². The summed E-state index contributed by atoms with van der Waals surface area (Å²) in [5.41, 5.74) is 6.28. The minimum absolute atomic E-state index is 0.444. The quantitative estimate of drug-likeness (QED) is 0.730. The number of nitrogens with zero attached hydrogens (tertiary/aromatic N) is 1. The monoisotopic (exact) mass is 226 g/mol. The molecule has 1 fully saturated rings. The SMILES string of the molecule is CCC(CC)N(C)CC1CCCCCC1N. The summed E-state index contributed by atoms with van der Waals surface area (Å²) in [7, 11) is 2.27. The third kappa shape index (κ3) is 4.06. The van der Waals surface area contributed by atoms with Crippen LogP contribution >= 0.6 is 0 Å². The minimum atomic E-state index is 0.444. The van der Waals surface area contributed by atoms with E-state index in [-0.39, 0.29) is 0 Å². The standard InChI is InChI=1S/C14H30N2/c1-4-13(5-2)16(3)11-12-9-7-6-8-10-14(12)15/h12-14H,4-11,15H2,1-3H3. The molecular formula is C14H30N2. The van der Waals surface area contributed by atoms with Gasteiger partial charge < -0.3 is 10.6 Å². The molecule has 2 unspecified atom stereocenters. The van der Waals surface area contributed by atoms with Crippen LogP contribution in [0.2, 0.25) is 0 Å². The van der Waals surface area contributed by atoms with Crippen LogP contribution < -0.4 is 5.73 Å². The van der Waals surface area contributed by atoms with Crippen LogP contribution in [-0.2, 0) is 0 Å². The fourth-order valence-electron chi connectivity index (χ4n) is 3.07. The van der Waals surface area contributed by atoms with Crippen molar-refractivity contribution < 1.29 is 0 Å². The Morgan fingerprint density at radius 2 is 1.75 bits per heavy atom.